The van der Waals surface area contributed by atoms with Gasteiger partial charge in [-0.15, -0.1) is 0 Å². The minimum Gasteiger partial charge on any atom is -0.465 e. The number of aryl methyl sites for hydroxylation is 1. The van der Waals surface area contributed by atoms with E-state index in [2.05, 4.69) is 15.6 Å². The van der Waals surface area contributed by atoms with Crippen molar-refractivity contribution in [1.82, 2.24) is 15.6 Å². The maximum Gasteiger partial charge on any atom is 0.339 e. The van der Waals surface area contributed by atoms with Crippen LogP contribution in [0.5, 0.6) is 0 Å². The van der Waals surface area contributed by atoms with Crippen LogP contribution in [-0.2, 0) is 16.0 Å². The molecule has 0 aliphatic heterocycles. The molecule has 0 atom stereocenters. The molecule has 7 heteroatoms. The van der Waals surface area contributed by atoms with E-state index >= 15 is 0 Å². The van der Waals surface area contributed by atoms with Gasteiger partial charge in [0.1, 0.15) is 5.69 Å². The molecule has 0 spiro atoms. The topological polar surface area (TPSA) is 100 Å². The van der Waals surface area contributed by atoms with E-state index in [-0.39, 0.29) is 17.7 Å². The molecular weight excluding hydrogens is 298 g/mol. The molecular formula is C16H25N3O4. The first-order valence-electron chi connectivity index (χ1n) is 7.69. The predicted octanol–water partition coefficient (Wildman–Crippen LogP) is 1.17. The Morgan fingerprint density at radius 1 is 1.17 bits per heavy atom. The highest BCUT2D eigenvalue weighted by Gasteiger charge is 2.23. The Kier molecular flexibility index (Phi) is 6.81. The van der Waals surface area contributed by atoms with E-state index in [0.717, 1.165) is 0 Å². The number of carbonyl (C=O) groups excluding carboxylic acids is 3. The number of aromatic nitrogens is 1. The average Bonchev–Trinajstić information content (AvgIpc) is 2.86. The molecule has 0 radical (unpaired) electrons. The molecule has 0 aliphatic rings. The fraction of sp³-hybridized carbons (Fsp3) is 0.562. The molecule has 1 rings (SSSR count). The lowest BCUT2D eigenvalue weighted by Crippen LogP contribution is -2.36. The van der Waals surface area contributed by atoms with Gasteiger partial charge in [-0.05, 0) is 18.9 Å². The maximum atomic E-state index is 12.2. The second-order valence-electron chi connectivity index (χ2n) is 5.53. The van der Waals surface area contributed by atoms with Crippen LogP contribution in [0, 0.1) is 12.8 Å². The smallest absolute Gasteiger partial charge is 0.339 e. The monoisotopic (exact) mass is 323 g/mol. The molecule has 1 aromatic heterocycles. The largest absolute Gasteiger partial charge is 0.465 e. The lowest BCUT2D eigenvalue weighted by Gasteiger charge is -2.08. The van der Waals surface area contributed by atoms with E-state index in [1.165, 1.54) is 7.11 Å². The van der Waals surface area contributed by atoms with Gasteiger partial charge in [0, 0.05) is 24.7 Å². The molecule has 128 valence electrons. The zero-order valence-corrected chi connectivity index (χ0v) is 14.3. The van der Waals surface area contributed by atoms with Crippen LogP contribution in [0.4, 0.5) is 0 Å². The lowest BCUT2D eigenvalue weighted by molar-refractivity contribution is -0.123. The van der Waals surface area contributed by atoms with Crippen molar-refractivity contribution in [2.75, 3.05) is 20.2 Å². The van der Waals surface area contributed by atoms with Crippen molar-refractivity contribution in [3.63, 3.8) is 0 Å². The summed E-state index contributed by atoms with van der Waals surface area (Å²) < 4.78 is 4.76. The summed E-state index contributed by atoms with van der Waals surface area (Å²) in [7, 11) is 1.31. The fourth-order valence-corrected chi connectivity index (χ4v) is 2.18. The Bertz CT molecular complexity index is 590. The number of esters is 1. The number of hydrogen-bond acceptors (Lipinski definition) is 4. The summed E-state index contributed by atoms with van der Waals surface area (Å²) in [5, 5.41) is 5.44. The number of amides is 2. The molecule has 0 saturated heterocycles. The van der Waals surface area contributed by atoms with Crippen molar-refractivity contribution in [1.29, 1.82) is 0 Å². The average molecular weight is 323 g/mol. The van der Waals surface area contributed by atoms with Gasteiger partial charge in [0.05, 0.1) is 12.7 Å². The SMILES string of the molecule is CCc1[nH]c(C(=O)NCCNC(=O)C(C)C)c(C)c1C(=O)OC. The molecule has 2 amide bonds. The number of methoxy groups -OCH3 is 1. The van der Waals surface area contributed by atoms with E-state index in [4.69, 9.17) is 4.74 Å². The third-order valence-corrected chi connectivity index (χ3v) is 3.53. The van der Waals surface area contributed by atoms with Gasteiger partial charge in [-0.3, -0.25) is 9.59 Å². The summed E-state index contributed by atoms with van der Waals surface area (Å²) >= 11 is 0. The number of aromatic amines is 1. The highest BCUT2D eigenvalue weighted by Crippen LogP contribution is 2.20. The van der Waals surface area contributed by atoms with Crippen molar-refractivity contribution in [2.45, 2.75) is 34.1 Å². The van der Waals surface area contributed by atoms with E-state index in [1.54, 1.807) is 20.8 Å². The summed E-state index contributed by atoms with van der Waals surface area (Å²) in [4.78, 5) is 38.5. The minimum absolute atomic E-state index is 0.0588. The summed E-state index contributed by atoms with van der Waals surface area (Å²) in [5.41, 5.74) is 2.00. The minimum atomic E-state index is -0.459. The number of nitrogens with one attached hydrogen (secondary N) is 3. The number of carbonyl (C=O) groups is 3. The molecule has 0 unspecified atom stereocenters. The molecule has 0 bridgehead atoms. The zero-order chi connectivity index (χ0) is 17.6. The Hall–Kier alpha value is -2.31. The first-order chi connectivity index (χ1) is 10.8. The number of rotatable bonds is 7. The van der Waals surface area contributed by atoms with Crippen LogP contribution in [0.1, 0.15) is 52.9 Å². The first-order valence-corrected chi connectivity index (χ1v) is 7.69. The van der Waals surface area contributed by atoms with E-state index in [9.17, 15) is 14.4 Å². The lowest BCUT2D eigenvalue weighted by atomic mass is 10.1. The van der Waals surface area contributed by atoms with E-state index in [0.29, 0.717) is 42.0 Å². The van der Waals surface area contributed by atoms with Gasteiger partial charge in [-0.1, -0.05) is 20.8 Å². The summed E-state index contributed by atoms with van der Waals surface area (Å²) in [6.07, 6.45) is 0.586. The first kappa shape index (κ1) is 18.7. The summed E-state index contributed by atoms with van der Waals surface area (Å²) in [6.45, 7) is 7.86. The van der Waals surface area contributed by atoms with Crippen molar-refractivity contribution in [3.8, 4) is 0 Å². The summed E-state index contributed by atoms with van der Waals surface area (Å²) in [6, 6.07) is 0. The molecule has 7 nitrogen and oxygen atoms in total. The Balaban J connectivity index is 2.72. The third kappa shape index (κ3) is 4.58. The van der Waals surface area contributed by atoms with Gasteiger partial charge in [0.25, 0.3) is 5.91 Å². The van der Waals surface area contributed by atoms with Crippen molar-refractivity contribution in [2.24, 2.45) is 5.92 Å². The van der Waals surface area contributed by atoms with Crippen LogP contribution in [-0.4, -0.2) is 43.0 Å². The van der Waals surface area contributed by atoms with Crippen LogP contribution in [0.25, 0.3) is 0 Å². The molecule has 0 fully saturated rings. The van der Waals surface area contributed by atoms with Gasteiger partial charge < -0.3 is 20.4 Å². The number of H-pyrrole nitrogens is 1. The van der Waals surface area contributed by atoms with E-state index < -0.39 is 5.97 Å². The molecule has 3 N–H and O–H groups in total. The van der Waals surface area contributed by atoms with Crippen LogP contribution >= 0.6 is 0 Å². The van der Waals surface area contributed by atoms with Crippen LogP contribution in [0.3, 0.4) is 0 Å². The Labute approximate surface area is 136 Å². The second kappa shape index (κ2) is 8.36. The third-order valence-electron chi connectivity index (χ3n) is 3.53. The molecule has 23 heavy (non-hydrogen) atoms. The standard InChI is InChI=1S/C16H25N3O4/c1-6-11-12(16(22)23-5)10(4)13(19-11)15(21)18-8-7-17-14(20)9(2)3/h9,19H,6-8H2,1-5H3,(H,17,20)(H,18,21). The quantitative estimate of drug-likeness (QED) is 0.518. The van der Waals surface area contributed by atoms with Gasteiger partial charge >= 0.3 is 5.97 Å². The van der Waals surface area contributed by atoms with Crippen molar-refractivity contribution < 1.29 is 19.1 Å². The predicted molar refractivity (Wildman–Crippen MR) is 86.4 cm³/mol. The molecule has 0 aromatic carbocycles. The van der Waals surface area contributed by atoms with Crippen LogP contribution in [0.2, 0.25) is 0 Å². The van der Waals surface area contributed by atoms with E-state index in [1.807, 2.05) is 6.92 Å². The summed E-state index contributed by atoms with van der Waals surface area (Å²) in [5.74, 6) is -0.923. The highest BCUT2D eigenvalue weighted by molar-refractivity contribution is 6.00. The number of hydrogen-bond donors (Lipinski definition) is 3. The molecule has 1 aromatic rings. The molecule has 1 heterocycles. The van der Waals surface area contributed by atoms with Crippen molar-refractivity contribution >= 4 is 17.8 Å². The molecule has 0 saturated carbocycles. The van der Waals surface area contributed by atoms with Gasteiger partial charge in [-0.25, -0.2) is 4.79 Å². The maximum absolute atomic E-state index is 12.2. The van der Waals surface area contributed by atoms with Crippen LogP contribution in [0.15, 0.2) is 0 Å². The van der Waals surface area contributed by atoms with Gasteiger partial charge in [0.15, 0.2) is 0 Å². The van der Waals surface area contributed by atoms with Crippen molar-refractivity contribution in [3.05, 3.63) is 22.5 Å². The Morgan fingerprint density at radius 2 is 1.78 bits per heavy atom. The second-order valence-corrected chi connectivity index (χ2v) is 5.53. The Morgan fingerprint density at radius 3 is 2.30 bits per heavy atom. The highest BCUT2D eigenvalue weighted by atomic mass is 16.5. The fourth-order valence-electron chi connectivity index (χ4n) is 2.18. The normalized spacial score (nSPS) is 10.5. The van der Waals surface area contributed by atoms with Crippen LogP contribution < -0.4 is 10.6 Å². The van der Waals surface area contributed by atoms with Gasteiger partial charge in [0.2, 0.25) is 5.91 Å². The zero-order valence-electron chi connectivity index (χ0n) is 14.3. The van der Waals surface area contributed by atoms with Gasteiger partial charge in [-0.2, -0.15) is 0 Å². The molecule has 0 aliphatic carbocycles. The number of ether oxygens (including phenoxy) is 1.